The summed E-state index contributed by atoms with van der Waals surface area (Å²) < 4.78 is 0. The third-order valence-electron chi connectivity index (χ3n) is 2.25. The number of hydrogen-bond donors (Lipinski definition) is 1. The van der Waals surface area contributed by atoms with Crippen LogP contribution in [0.25, 0.3) is 0 Å². The molecule has 0 bridgehead atoms. The summed E-state index contributed by atoms with van der Waals surface area (Å²) in [5, 5.41) is 0. The highest BCUT2D eigenvalue weighted by atomic mass is 32.2. The SMILES string of the molecule is CCC(N)CSCC(=O)N(C)C(C)C. The maximum absolute atomic E-state index is 11.5. The normalized spacial score (nSPS) is 13.0. The van der Waals surface area contributed by atoms with E-state index in [9.17, 15) is 4.79 Å². The van der Waals surface area contributed by atoms with Crippen molar-refractivity contribution in [2.75, 3.05) is 18.6 Å². The fourth-order valence-electron chi connectivity index (χ4n) is 0.805. The van der Waals surface area contributed by atoms with Crippen LogP contribution in [-0.2, 0) is 4.79 Å². The molecule has 0 aromatic carbocycles. The fraction of sp³-hybridized carbons (Fsp3) is 0.900. The molecule has 0 aromatic rings. The van der Waals surface area contributed by atoms with Crippen molar-refractivity contribution in [3.8, 4) is 0 Å². The minimum absolute atomic E-state index is 0.188. The molecular weight excluding hydrogens is 196 g/mol. The molecule has 1 atom stereocenters. The van der Waals surface area contributed by atoms with E-state index in [0.29, 0.717) is 5.75 Å². The minimum Gasteiger partial charge on any atom is -0.343 e. The summed E-state index contributed by atoms with van der Waals surface area (Å²) >= 11 is 1.62. The Labute approximate surface area is 91.4 Å². The van der Waals surface area contributed by atoms with Crippen LogP contribution in [0.15, 0.2) is 0 Å². The lowest BCUT2D eigenvalue weighted by Crippen LogP contribution is -2.34. The number of thioether (sulfide) groups is 1. The van der Waals surface area contributed by atoms with E-state index in [0.717, 1.165) is 12.2 Å². The fourth-order valence-corrected chi connectivity index (χ4v) is 1.84. The number of rotatable bonds is 6. The first-order valence-electron chi connectivity index (χ1n) is 5.08. The van der Waals surface area contributed by atoms with Crippen LogP contribution in [0.5, 0.6) is 0 Å². The van der Waals surface area contributed by atoms with Gasteiger partial charge in [-0.2, -0.15) is 11.8 Å². The molecule has 0 fully saturated rings. The quantitative estimate of drug-likeness (QED) is 0.731. The second-order valence-corrected chi connectivity index (χ2v) is 4.81. The standard InChI is InChI=1S/C10H22N2OS/c1-5-9(11)6-14-7-10(13)12(4)8(2)3/h8-9H,5-7,11H2,1-4H3. The van der Waals surface area contributed by atoms with Crippen molar-refractivity contribution in [3.63, 3.8) is 0 Å². The molecule has 2 N–H and O–H groups in total. The monoisotopic (exact) mass is 218 g/mol. The lowest BCUT2D eigenvalue weighted by molar-refractivity contribution is -0.128. The van der Waals surface area contributed by atoms with Gasteiger partial charge in [0.1, 0.15) is 0 Å². The van der Waals surface area contributed by atoms with Crippen LogP contribution in [0, 0.1) is 0 Å². The Morgan fingerprint density at radius 2 is 2.07 bits per heavy atom. The molecule has 0 saturated heterocycles. The van der Waals surface area contributed by atoms with Gasteiger partial charge in [-0.1, -0.05) is 6.92 Å². The molecule has 0 saturated carbocycles. The summed E-state index contributed by atoms with van der Waals surface area (Å²) in [4.78, 5) is 13.3. The van der Waals surface area contributed by atoms with Gasteiger partial charge >= 0.3 is 0 Å². The first kappa shape index (κ1) is 13.8. The predicted octanol–water partition coefficient (Wildman–Crippen LogP) is 1.32. The van der Waals surface area contributed by atoms with E-state index in [4.69, 9.17) is 5.73 Å². The lowest BCUT2D eigenvalue weighted by Gasteiger charge is -2.21. The molecule has 1 amide bonds. The first-order valence-corrected chi connectivity index (χ1v) is 6.23. The van der Waals surface area contributed by atoms with E-state index in [2.05, 4.69) is 6.92 Å². The van der Waals surface area contributed by atoms with Gasteiger partial charge in [-0.05, 0) is 20.3 Å². The number of carbonyl (C=O) groups is 1. The van der Waals surface area contributed by atoms with Gasteiger partial charge in [-0.25, -0.2) is 0 Å². The van der Waals surface area contributed by atoms with Gasteiger partial charge in [-0.15, -0.1) is 0 Å². The smallest absolute Gasteiger partial charge is 0.232 e. The largest absolute Gasteiger partial charge is 0.343 e. The van der Waals surface area contributed by atoms with E-state index in [-0.39, 0.29) is 18.0 Å². The van der Waals surface area contributed by atoms with Crippen molar-refractivity contribution in [3.05, 3.63) is 0 Å². The molecule has 0 radical (unpaired) electrons. The maximum atomic E-state index is 11.5. The van der Waals surface area contributed by atoms with Crippen LogP contribution >= 0.6 is 11.8 Å². The second-order valence-electron chi connectivity index (χ2n) is 3.78. The Morgan fingerprint density at radius 3 is 2.50 bits per heavy atom. The Kier molecular flexibility index (Phi) is 7.01. The number of nitrogens with zero attached hydrogens (tertiary/aromatic N) is 1. The lowest BCUT2D eigenvalue weighted by atomic mass is 10.3. The van der Waals surface area contributed by atoms with Crippen LogP contribution in [0.2, 0.25) is 0 Å². The van der Waals surface area contributed by atoms with Gasteiger partial charge in [0.05, 0.1) is 5.75 Å². The summed E-state index contributed by atoms with van der Waals surface area (Å²) in [7, 11) is 1.84. The van der Waals surface area contributed by atoms with E-state index in [1.165, 1.54) is 0 Å². The minimum atomic E-state index is 0.188. The van der Waals surface area contributed by atoms with Gasteiger partial charge in [0.15, 0.2) is 0 Å². The van der Waals surface area contributed by atoms with E-state index < -0.39 is 0 Å². The van der Waals surface area contributed by atoms with Crippen LogP contribution in [0.3, 0.4) is 0 Å². The van der Waals surface area contributed by atoms with Crippen molar-refractivity contribution in [2.24, 2.45) is 5.73 Å². The molecule has 0 aliphatic carbocycles. The van der Waals surface area contributed by atoms with Crippen molar-refractivity contribution in [2.45, 2.75) is 39.3 Å². The van der Waals surface area contributed by atoms with Gasteiger partial charge in [0, 0.05) is 24.9 Å². The third-order valence-corrected chi connectivity index (χ3v) is 3.36. The van der Waals surface area contributed by atoms with Crippen LogP contribution in [0.1, 0.15) is 27.2 Å². The van der Waals surface area contributed by atoms with Gasteiger partial charge < -0.3 is 10.6 Å². The Balaban J connectivity index is 3.64. The third kappa shape index (κ3) is 5.50. The van der Waals surface area contributed by atoms with Gasteiger partial charge in [0.25, 0.3) is 0 Å². The average Bonchev–Trinajstić information content (AvgIpc) is 2.15. The highest BCUT2D eigenvalue weighted by molar-refractivity contribution is 7.99. The topological polar surface area (TPSA) is 46.3 Å². The summed E-state index contributed by atoms with van der Waals surface area (Å²) in [6.07, 6.45) is 0.973. The number of carbonyl (C=O) groups excluding carboxylic acids is 1. The van der Waals surface area contributed by atoms with Gasteiger partial charge in [0.2, 0.25) is 5.91 Å². The Morgan fingerprint density at radius 1 is 1.50 bits per heavy atom. The van der Waals surface area contributed by atoms with Crippen LogP contribution in [-0.4, -0.2) is 41.4 Å². The molecule has 0 heterocycles. The van der Waals surface area contributed by atoms with E-state index >= 15 is 0 Å². The van der Waals surface area contributed by atoms with E-state index in [1.54, 1.807) is 16.7 Å². The summed E-state index contributed by atoms with van der Waals surface area (Å²) in [6, 6.07) is 0.500. The molecule has 1 unspecified atom stereocenters. The predicted molar refractivity (Wildman–Crippen MR) is 63.5 cm³/mol. The van der Waals surface area contributed by atoms with Crippen molar-refractivity contribution < 1.29 is 4.79 Å². The first-order chi connectivity index (χ1) is 6.49. The van der Waals surface area contributed by atoms with Crippen LogP contribution in [0.4, 0.5) is 0 Å². The molecule has 0 aliphatic heterocycles. The van der Waals surface area contributed by atoms with Gasteiger partial charge in [-0.3, -0.25) is 4.79 Å². The van der Waals surface area contributed by atoms with Crippen molar-refractivity contribution in [1.29, 1.82) is 0 Å². The maximum Gasteiger partial charge on any atom is 0.232 e. The second kappa shape index (κ2) is 7.12. The number of amides is 1. The van der Waals surface area contributed by atoms with Crippen molar-refractivity contribution >= 4 is 17.7 Å². The summed E-state index contributed by atoms with van der Waals surface area (Å²) in [5.41, 5.74) is 5.75. The zero-order chi connectivity index (χ0) is 11.1. The molecule has 3 nitrogen and oxygen atoms in total. The molecule has 4 heteroatoms. The Bertz CT molecular complexity index is 174. The van der Waals surface area contributed by atoms with E-state index in [1.807, 2.05) is 20.9 Å². The van der Waals surface area contributed by atoms with Crippen LogP contribution < -0.4 is 5.73 Å². The molecule has 0 aromatic heterocycles. The highest BCUT2D eigenvalue weighted by Gasteiger charge is 2.11. The number of hydrogen-bond acceptors (Lipinski definition) is 3. The summed E-state index contributed by atoms with van der Waals surface area (Å²) in [6.45, 7) is 6.09. The molecule has 0 rings (SSSR count). The molecule has 84 valence electrons. The van der Waals surface area contributed by atoms with Crippen molar-refractivity contribution in [1.82, 2.24) is 4.90 Å². The Hall–Kier alpha value is -0.220. The average molecular weight is 218 g/mol. The highest BCUT2D eigenvalue weighted by Crippen LogP contribution is 2.06. The zero-order valence-corrected chi connectivity index (χ0v) is 10.4. The number of nitrogens with two attached hydrogens (primary N) is 1. The zero-order valence-electron chi connectivity index (χ0n) is 9.62. The molecular formula is C10H22N2OS. The molecule has 0 aliphatic rings. The molecule has 14 heavy (non-hydrogen) atoms. The molecule has 0 spiro atoms. The summed E-state index contributed by atoms with van der Waals surface area (Å²) in [5.74, 6) is 1.60.